The van der Waals surface area contributed by atoms with Crippen molar-refractivity contribution in [3.05, 3.63) is 52.6 Å². The zero-order chi connectivity index (χ0) is 21.5. The van der Waals surface area contributed by atoms with E-state index in [9.17, 15) is 18.0 Å². The first-order chi connectivity index (χ1) is 14.1. The molecular formula is C22H24F3N3O2. The summed E-state index contributed by atoms with van der Waals surface area (Å²) in [7, 11) is 0. The number of nitrogens with one attached hydrogen (secondary N) is 1. The molecule has 1 atom stereocenters. The SMILES string of the molecule is CC(C)(c1ccc2c(n1)CCC(C(=O)Nc1cnc3c(c1)COCC3)C2)C(F)(F)F. The number of fused-ring (bicyclic) bond motifs is 2. The molecule has 0 bridgehead atoms. The quantitative estimate of drug-likeness (QED) is 0.813. The summed E-state index contributed by atoms with van der Waals surface area (Å²) < 4.78 is 45.4. The summed E-state index contributed by atoms with van der Waals surface area (Å²) in [4.78, 5) is 21.5. The van der Waals surface area contributed by atoms with Gasteiger partial charge in [0.1, 0.15) is 5.41 Å². The summed E-state index contributed by atoms with van der Waals surface area (Å²) in [6, 6.07) is 5.01. The van der Waals surface area contributed by atoms with E-state index in [1.165, 1.54) is 6.07 Å². The molecule has 5 nitrogen and oxygen atoms in total. The number of aromatic nitrogens is 2. The molecule has 30 heavy (non-hydrogen) atoms. The lowest BCUT2D eigenvalue weighted by Crippen LogP contribution is -2.38. The molecular weight excluding hydrogens is 395 g/mol. The largest absolute Gasteiger partial charge is 0.399 e. The minimum Gasteiger partial charge on any atom is -0.376 e. The van der Waals surface area contributed by atoms with E-state index in [4.69, 9.17) is 4.74 Å². The van der Waals surface area contributed by atoms with Crippen molar-refractivity contribution in [1.82, 2.24) is 9.97 Å². The van der Waals surface area contributed by atoms with Crippen LogP contribution < -0.4 is 5.32 Å². The number of anilines is 1. The third kappa shape index (κ3) is 3.93. The summed E-state index contributed by atoms with van der Waals surface area (Å²) in [5, 5.41) is 2.92. The lowest BCUT2D eigenvalue weighted by molar-refractivity contribution is -0.181. The van der Waals surface area contributed by atoms with Gasteiger partial charge in [0.2, 0.25) is 5.91 Å². The highest BCUT2D eigenvalue weighted by Crippen LogP contribution is 2.40. The maximum atomic E-state index is 13.3. The molecule has 0 radical (unpaired) electrons. The summed E-state index contributed by atoms with van der Waals surface area (Å²) >= 11 is 0. The molecule has 2 aliphatic rings. The van der Waals surface area contributed by atoms with Gasteiger partial charge in [0, 0.05) is 29.3 Å². The lowest BCUT2D eigenvalue weighted by Gasteiger charge is -2.29. The Kier molecular flexibility index (Phi) is 5.30. The Morgan fingerprint density at radius 1 is 1.17 bits per heavy atom. The van der Waals surface area contributed by atoms with Gasteiger partial charge in [-0.2, -0.15) is 13.2 Å². The summed E-state index contributed by atoms with van der Waals surface area (Å²) in [5.41, 5.74) is 2.10. The van der Waals surface area contributed by atoms with Crippen molar-refractivity contribution < 1.29 is 22.7 Å². The highest BCUT2D eigenvalue weighted by molar-refractivity contribution is 5.92. The highest BCUT2D eigenvalue weighted by atomic mass is 19.4. The number of nitrogens with zero attached hydrogens (tertiary/aromatic N) is 2. The molecule has 4 rings (SSSR count). The van der Waals surface area contributed by atoms with E-state index in [0.29, 0.717) is 43.9 Å². The maximum Gasteiger partial charge on any atom is 0.399 e. The van der Waals surface area contributed by atoms with Gasteiger partial charge in [-0.25, -0.2) is 0 Å². The van der Waals surface area contributed by atoms with Crippen molar-refractivity contribution in [1.29, 1.82) is 0 Å². The number of carbonyl (C=O) groups excluding carboxylic acids is 1. The third-order valence-electron chi connectivity index (χ3n) is 6.05. The molecule has 0 fully saturated rings. The summed E-state index contributed by atoms with van der Waals surface area (Å²) in [6.45, 7) is 3.42. The molecule has 160 valence electrons. The molecule has 8 heteroatoms. The zero-order valence-corrected chi connectivity index (χ0v) is 17.0. The fourth-order valence-corrected chi connectivity index (χ4v) is 3.88. The Labute approximate surface area is 173 Å². The van der Waals surface area contributed by atoms with Gasteiger partial charge in [-0.1, -0.05) is 6.07 Å². The van der Waals surface area contributed by atoms with Crippen molar-refractivity contribution in [2.45, 2.75) is 57.7 Å². The number of rotatable bonds is 3. The van der Waals surface area contributed by atoms with Gasteiger partial charge < -0.3 is 10.1 Å². The molecule has 1 amide bonds. The first-order valence-corrected chi connectivity index (χ1v) is 10.1. The van der Waals surface area contributed by atoms with Crippen LogP contribution in [0.1, 0.15) is 48.5 Å². The fraction of sp³-hybridized carbons (Fsp3) is 0.500. The van der Waals surface area contributed by atoms with Crippen LogP contribution in [0.25, 0.3) is 0 Å². The van der Waals surface area contributed by atoms with E-state index in [0.717, 1.165) is 37.1 Å². The highest BCUT2D eigenvalue weighted by Gasteiger charge is 2.49. The molecule has 1 N–H and O–H groups in total. The van der Waals surface area contributed by atoms with Crippen molar-refractivity contribution >= 4 is 11.6 Å². The molecule has 1 unspecified atom stereocenters. The van der Waals surface area contributed by atoms with Gasteiger partial charge in [-0.3, -0.25) is 14.8 Å². The fourth-order valence-electron chi connectivity index (χ4n) is 3.88. The van der Waals surface area contributed by atoms with Crippen molar-refractivity contribution in [2.75, 3.05) is 11.9 Å². The van der Waals surface area contributed by atoms with Crippen molar-refractivity contribution in [3.8, 4) is 0 Å². The van der Waals surface area contributed by atoms with E-state index in [1.54, 1.807) is 12.3 Å². The number of halogens is 3. The second-order valence-corrected chi connectivity index (χ2v) is 8.49. The van der Waals surface area contributed by atoms with Crippen LogP contribution in [0.15, 0.2) is 24.4 Å². The lowest BCUT2D eigenvalue weighted by atomic mass is 9.83. The zero-order valence-electron chi connectivity index (χ0n) is 17.0. The minimum atomic E-state index is -4.38. The number of ether oxygens (including phenoxy) is 1. The van der Waals surface area contributed by atoms with Gasteiger partial charge in [-0.15, -0.1) is 0 Å². The normalized spacial score (nSPS) is 19.0. The Bertz CT molecular complexity index is 973. The minimum absolute atomic E-state index is 0.0130. The van der Waals surface area contributed by atoms with E-state index >= 15 is 0 Å². The first kappa shape index (κ1) is 20.8. The van der Waals surface area contributed by atoms with Crippen molar-refractivity contribution in [2.24, 2.45) is 5.92 Å². The van der Waals surface area contributed by atoms with Crippen LogP contribution in [0, 0.1) is 5.92 Å². The van der Waals surface area contributed by atoms with Crippen LogP contribution in [0.3, 0.4) is 0 Å². The predicted molar refractivity (Wildman–Crippen MR) is 105 cm³/mol. The smallest absolute Gasteiger partial charge is 0.376 e. The van der Waals surface area contributed by atoms with E-state index in [-0.39, 0.29) is 17.5 Å². The number of hydrogen-bond acceptors (Lipinski definition) is 4. The number of pyridine rings is 2. The standard InChI is InChI=1S/C22H24F3N3O2/c1-21(2,22(23,24)25)19-6-4-13-9-14(3-5-18(13)28-19)20(29)27-16-10-15-12-30-8-7-17(15)26-11-16/h4,6,10-11,14H,3,5,7-9,12H2,1-2H3,(H,27,29). The van der Waals surface area contributed by atoms with E-state index < -0.39 is 11.6 Å². The van der Waals surface area contributed by atoms with Gasteiger partial charge in [-0.05, 0) is 50.8 Å². The Morgan fingerprint density at radius 2 is 1.97 bits per heavy atom. The van der Waals surface area contributed by atoms with Gasteiger partial charge in [0.25, 0.3) is 0 Å². The first-order valence-electron chi connectivity index (χ1n) is 10.1. The molecule has 2 aromatic heterocycles. The Morgan fingerprint density at radius 3 is 2.73 bits per heavy atom. The summed E-state index contributed by atoms with van der Waals surface area (Å²) in [6.07, 6.45) is -0.467. The third-order valence-corrected chi connectivity index (χ3v) is 6.05. The topological polar surface area (TPSA) is 64.1 Å². The summed E-state index contributed by atoms with van der Waals surface area (Å²) in [5.74, 6) is -0.369. The van der Waals surface area contributed by atoms with Gasteiger partial charge in [0.15, 0.2) is 0 Å². The van der Waals surface area contributed by atoms with Crippen molar-refractivity contribution in [3.63, 3.8) is 0 Å². The maximum absolute atomic E-state index is 13.3. The molecule has 1 aliphatic heterocycles. The number of aryl methyl sites for hydroxylation is 1. The number of hydrogen-bond donors (Lipinski definition) is 1. The Hall–Kier alpha value is -2.48. The van der Waals surface area contributed by atoms with Crippen LogP contribution in [0.5, 0.6) is 0 Å². The van der Waals surface area contributed by atoms with Crippen LogP contribution in [-0.4, -0.2) is 28.7 Å². The molecule has 0 saturated heterocycles. The van der Waals surface area contributed by atoms with Crippen LogP contribution in [0.4, 0.5) is 18.9 Å². The van der Waals surface area contributed by atoms with Gasteiger partial charge >= 0.3 is 6.18 Å². The molecule has 1 aliphatic carbocycles. The average molecular weight is 419 g/mol. The molecule has 0 spiro atoms. The molecule has 2 aromatic rings. The average Bonchev–Trinajstić information content (AvgIpc) is 2.72. The molecule has 0 saturated carbocycles. The van der Waals surface area contributed by atoms with E-state index in [2.05, 4.69) is 15.3 Å². The Balaban J connectivity index is 1.46. The van der Waals surface area contributed by atoms with Gasteiger partial charge in [0.05, 0.1) is 30.8 Å². The van der Waals surface area contributed by atoms with Crippen LogP contribution in [0.2, 0.25) is 0 Å². The van der Waals surface area contributed by atoms with Crippen LogP contribution >= 0.6 is 0 Å². The molecule has 0 aromatic carbocycles. The second-order valence-electron chi connectivity index (χ2n) is 8.49. The van der Waals surface area contributed by atoms with Crippen LogP contribution in [-0.2, 0) is 40.8 Å². The van der Waals surface area contributed by atoms with E-state index in [1.807, 2.05) is 6.07 Å². The second kappa shape index (κ2) is 7.65. The number of carbonyl (C=O) groups is 1. The monoisotopic (exact) mass is 419 g/mol. The number of alkyl halides is 3. The molecule has 3 heterocycles. The predicted octanol–water partition coefficient (Wildman–Crippen LogP) is 4.13. The number of amides is 1.